The maximum Gasteiger partial charge on any atom is 0.330 e. The molecular weight excluding hydrogens is 212 g/mol. The quantitative estimate of drug-likeness (QED) is 0.443. The Morgan fingerprint density at radius 1 is 1.62 bits per heavy atom. The largest absolute Gasteiger partial charge is 0.478 e. The molecule has 0 saturated carbocycles. The molecule has 1 saturated heterocycles. The Hall–Kier alpha value is -1.62. The lowest BCUT2D eigenvalue weighted by atomic mass is 10.3. The van der Waals surface area contributed by atoms with Crippen molar-refractivity contribution in [3.8, 4) is 0 Å². The third kappa shape index (κ3) is 6.78. The number of carboxylic acid groups (broad SMARTS) is 1. The number of hydrogen-bond donors (Lipinski definition) is 1. The van der Waals surface area contributed by atoms with Crippen LogP contribution in [0, 0.1) is 0 Å². The minimum atomic E-state index is -0.935. The lowest BCUT2D eigenvalue weighted by Crippen LogP contribution is -2.18. The second-order valence-corrected chi connectivity index (χ2v) is 3.30. The predicted molar refractivity (Wildman–Crippen MR) is 57.9 cm³/mol. The molecule has 1 aliphatic rings. The number of ether oxygens (including phenoxy) is 2. The molecule has 1 rings (SSSR count). The standard InChI is InChI=1S/C7H10O3.C4H6O2/c1-3-7(8)10-5(2)6-4-9-6;1-3(2)4(5)6/h3,5-6H,1,4H2,2H3;1H2,2H3,(H,5,6). The van der Waals surface area contributed by atoms with Crippen molar-refractivity contribution in [2.75, 3.05) is 6.61 Å². The van der Waals surface area contributed by atoms with Crippen molar-refractivity contribution in [3.05, 3.63) is 24.8 Å². The molecule has 1 N–H and O–H groups in total. The Balaban J connectivity index is 0.000000325. The van der Waals surface area contributed by atoms with E-state index in [2.05, 4.69) is 13.2 Å². The van der Waals surface area contributed by atoms with E-state index in [4.69, 9.17) is 14.6 Å². The van der Waals surface area contributed by atoms with Crippen molar-refractivity contribution in [1.29, 1.82) is 0 Å². The minimum absolute atomic E-state index is 0.115. The highest BCUT2D eigenvalue weighted by Crippen LogP contribution is 2.16. The second kappa shape index (κ2) is 6.79. The molecule has 2 unspecified atom stereocenters. The van der Waals surface area contributed by atoms with Crippen LogP contribution in [0.5, 0.6) is 0 Å². The van der Waals surface area contributed by atoms with Gasteiger partial charge in [-0.3, -0.25) is 0 Å². The van der Waals surface area contributed by atoms with E-state index in [-0.39, 0.29) is 23.8 Å². The van der Waals surface area contributed by atoms with E-state index < -0.39 is 5.97 Å². The molecule has 0 aromatic rings. The van der Waals surface area contributed by atoms with Crippen LogP contribution in [0.2, 0.25) is 0 Å². The zero-order valence-corrected chi connectivity index (χ0v) is 9.43. The Morgan fingerprint density at radius 2 is 2.06 bits per heavy atom. The molecule has 1 fully saturated rings. The number of hydrogen-bond acceptors (Lipinski definition) is 4. The topological polar surface area (TPSA) is 76.1 Å². The number of carboxylic acids is 1. The molecule has 0 radical (unpaired) electrons. The predicted octanol–water partition coefficient (Wildman–Crippen LogP) is 1.15. The Kier molecular flexibility index (Phi) is 6.10. The van der Waals surface area contributed by atoms with Crippen LogP contribution >= 0.6 is 0 Å². The lowest BCUT2D eigenvalue weighted by Gasteiger charge is -2.06. The summed E-state index contributed by atoms with van der Waals surface area (Å²) in [7, 11) is 0. The Morgan fingerprint density at radius 3 is 2.31 bits per heavy atom. The molecule has 1 heterocycles. The molecule has 16 heavy (non-hydrogen) atoms. The summed E-state index contributed by atoms with van der Waals surface area (Å²) in [5.41, 5.74) is 0.176. The molecule has 0 aromatic carbocycles. The van der Waals surface area contributed by atoms with Gasteiger partial charge >= 0.3 is 11.9 Å². The van der Waals surface area contributed by atoms with Gasteiger partial charge in [0, 0.05) is 11.6 Å². The van der Waals surface area contributed by atoms with Gasteiger partial charge in [-0.1, -0.05) is 13.2 Å². The van der Waals surface area contributed by atoms with Gasteiger partial charge in [-0.05, 0) is 13.8 Å². The van der Waals surface area contributed by atoms with E-state index in [1.165, 1.54) is 6.92 Å². The number of carbonyl (C=O) groups excluding carboxylic acids is 1. The molecule has 0 amide bonds. The van der Waals surface area contributed by atoms with Crippen molar-refractivity contribution >= 4 is 11.9 Å². The van der Waals surface area contributed by atoms with Gasteiger partial charge in [-0.15, -0.1) is 0 Å². The first-order valence-corrected chi connectivity index (χ1v) is 4.72. The van der Waals surface area contributed by atoms with Gasteiger partial charge in [0.05, 0.1) is 6.61 Å². The SMILES string of the molecule is C=C(C)C(=O)O.C=CC(=O)OC(C)C1CO1. The molecule has 0 spiro atoms. The first-order chi connectivity index (χ1) is 7.38. The fourth-order valence-corrected chi connectivity index (χ4v) is 0.634. The molecule has 0 aromatic heterocycles. The van der Waals surface area contributed by atoms with Crippen molar-refractivity contribution in [3.63, 3.8) is 0 Å². The average molecular weight is 228 g/mol. The minimum Gasteiger partial charge on any atom is -0.478 e. The average Bonchev–Trinajstić information content (AvgIpc) is 3.01. The van der Waals surface area contributed by atoms with Crippen molar-refractivity contribution in [2.45, 2.75) is 26.1 Å². The monoisotopic (exact) mass is 228 g/mol. The van der Waals surface area contributed by atoms with E-state index >= 15 is 0 Å². The lowest BCUT2D eigenvalue weighted by molar-refractivity contribution is -0.143. The number of aliphatic carboxylic acids is 1. The highest BCUT2D eigenvalue weighted by Gasteiger charge is 2.31. The first-order valence-electron chi connectivity index (χ1n) is 4.72. The van der Waals surface area contributed by atoms with Gasteiger partial charge in [0.25, 0.3) is 0 Å². The zero-order valence-electron chi connectivity index (χ0n) is 9.43. The summed E-state index contributed by atoms with van der Waals surface area (Å²) in [5, 5.41) is 7.89. The second-order valence-electron chi connectivity index (χ2n) is 3.30. The third-order valence-electron chi connectivity index (χ3n) is 1.72. The van der Waals surface area contributed by atoms with Crippen LogP contribution < -0.4 is 0 Å². The number of epoxide rings is 1. The summed E-state index contributed by atoms with van der Waals surface area (Å²) in [6, 6.07) is 0. The summed E-state index contributed by atoms with van der Waals surface area (Å²) in [4.78, 5) is 20.2. The molecule has 2 atom stereocenters. The fraction of sp³-hybridized carbons (Fsp3) is 0.455. The van der Waals surface area contributed by atoms with Crippen LogP contribution in [0.3, 0.4) is 0 Å². The highest BCUT2D eigenvalue weighted by atomic mass is 16.6. The van der Waals surface area contributed by atoms with Crippen LogP contribution in [0.1, 0.15) is 13.8 Å². The van der Waals surface area contributed by atoms with Crippen molar-refractivity contribution in [1.82, 2.24) is 0 Å². The van der Waals surface area contributed by atoms with E-state index in [1.54, 1.807) is 6.92 Å². The van der Waals surface area contributed by atoms with Crippen LogP contribution in [0.15, 0.2) is 24.8 Å². The van der Waals surface area contributed by atoms with Crippen LogP contribution in [0.25, 0.3) is 0 Å². The van der Waals surface area contributed by atoms with Gasteiger partial charge in [0.15, 0.2) is 0 Å². The molecule has 90 valence electrons. The van der Waals surface area contributed by atoms with Crippen molar-refractivity contribution in [2.24, 2.45) is 0 Å². The number of carbonyl (C=O) groups is 2. The van der Waals surface area contributed by atoms with E-state index in [0.717, 1.165) is 6.08 Å². The summed E-state index contributed by atoms with van der Waals surface area (Å²) in [5.74, 6) is -1.32. The van der Waals surface area contributed by atoms with E-state index in [1.807, 2.05) is 0 Å². The zero-order chi connectivity index (χ0) is 12.7. The molecule has 1 aliphatic heterocycles. The van der Waals surface area contributed by atoms with Crippen LogP contribution in [-0.4, -0.2) is 35.9 Å². The first kappa shape index (κ1) is 14.4. The fourth-order valence-electron chi connectivity index (χ4n) is 0.634. The molecule has 0 aliphatic carbocycles. The van der Waals surface area contributed by atoms with Gasteiger partial charge in [-0.25, -0.2) is 9.59 Å². The maximum absolute atomic E-state index is 10.6. The van der Waals surface area contributed by atoms with Crippen LogP contribution in [0.4, 0.5) is 0 Å². The van der Waals surface area contributed by atoms with Gasteiger partial charge in [0.1, 0.15) is 12.2 Å². The van der Waals surface area contributed by atoms with Gasteiger partial charge in [0.2, 0.25) is 0 Å². The normalized spacial score (nSPS) is 18.5. The van der Waals surface area contributed by atoms with Crippen LogP contribution in [-0.2, 0) is 19.1 Å². The summed E-state index contributed by atoms with van der Waals surface area (Å²) >= 11 is 0. The maximum atomic E-state index is 10.6. The highest BCUT2D eigenvalue weighted by molar-refractivity contribution is 5.84. The molecule has 5 heteroatoms. The van der Waals surface area contributed by atoms with Gasteiger partial charge < -0.3 is 14.6 Å². The third-order valence-corrected chi connectivity index (χ3v) is 1.72. The summed E-state index contributed by atoms with van der Waals surface area (Å²) in [6.07, 6.45) is 1.13. The van der Waals surface area contributed by atoms with Gasteiger partial charge in [-0.2, -0.15) is 0 Å². The number of esters is 1. The Labute approximate surface area is 94.4 Å². The molecule has 0 bridgehead atoms. The molecule has 5 nitrogen and oxygen atoms in total. The smallest absolute Gasteiger partial charge is 0.330 e. The van der Waals surface area contributed by atoms with E-state index in [9.17, 15) is 9.59 Å². The summed E-state index contributed by atoms with van der Waals surface area (Å²) in [6.45, 7) is 10.4. The summed E-state index contributed by atoms with van der Waals surface area (Å²) < 4.78 is 9.75. The number of rotatable bonds is 4. The Bertz CT molecular complexity index is 279. The molecular formula is C11H16O5. The van der Waals surface area contributed by atoms with E-state index in [0.29, 0.717) is 6.61 Å². The van der Waals surface area contributed by atoms with Crippen molar-refractivity contribution < 1.29 is 24.2 Å².